The normalized spacial score (nSPS) is 13.9. The maximum Gasteiger partial charge on any atom is 0.133 e. The third-order valence-corrected chi connectivity index (χ3v) is 4.51. The van der Waals surface area contributed by atoms with Crippen molar-refractivity contribution in [3.63, 3.8) is 0 Å². The Morgan fingerprint density at radius 2 is 1.95 bits per heavy atom. The Bertz CT molecular complexity index is 538. The van der Waals surface area contributed by atoms with Crippen LogP contribution >= 0.6 is 11.3 Å². The van der Waals surface area contributed by atoms with Crippen LogP contribution in [0.4, 0.5) is 0 Å². The van der Waals surface area contributed by atoms with Crippen LogP contribution in [0.5, 0.6) is 0 Å². The molecule has 106 valence electrons. The monoisotopic (exact) mass is 288 g/mol. The van der Waals surface area contributed by atoms with E-state index in [-0.39, 0.29) is 12.1 Å². The van der Waals surface area contributed by atoms with Crippen molar-refractivity contribution in [2.24, 2.45) is 0 Å². The van der Waals surface area contributed by atoms with Crippen LogP contribution < -0.4 is 10.6 Å². The van der Waals surface area contributed by atoms with Gasteiger partial charge in [0.25, 0.3) is 0 Å². The molecule has 4 heteroatoms. The zero-order valence-corrected chi connectivity index (χ0v) is 12.6. The van der Waals surface area contributed by atoms with Gasteiger partial charge in [-0.1, -0.05) is 30.3 Å². The number of aldehydes is 1. The number of carbonyl (C=O) groups is 1. The molecule has 0 aliphatic heterocycles. The number of benzene rings is 1. The van der Waals surface area contributed by atoms with Gasteiger partial charge in [-0.15, -0.1) is 11.3 Å². The SMILES string of the molecule is CNC(c1ccccc1)C(NCC=O)c1sccc1C. The van der Waals surface area contributed by atoms with E-state index in [0.717, 1.165) is 6.29 Å². The second-order valence-electron chi connectivity index (χ2n) is 4.70. The van der Waals surface area contributed by atoms with Crippen molar-refractivity contribution >= 4 is 17.6 Å². The van der Waals surface area contributed by atoms with Crippen LogP contribution in [0.2, 0.25) is 0 Å². The number of rotatable bonds is 7. The second kappa shape index (κ2) is 7.33. The summed E-state index contributed by atoms with van der Waals surface area (Å²) in [6.07, 6.45) is 0.910. The van der Waals surface area contributed by atoms with E-state index in [2.05, 4.69) is 41.1 Å². The van der Waals surface area contributed by atoms with Gasteiger partial charge >= 0.3 is 0 Å². The minimum atomic E-state index is 0.0904. The predicted molar refractivity (Wildman–Crippen MR) is 84.1 cm³/mol. The van der Waals surface area contributed by atoms with Gasteiger partial charge in [0.15, 0.2) is 0 Å². The maximum atomic E-state index is 10.7. The van der Waals surface area contributed by atoms with Crippen molar-refractivity contribution in [2.45, 2.75) is 19.0 Å². The lowest BCUT2D eigenvalue weighted by atomic mass is 9.96. The molecule has 2 unspecified atom stereocenters. The van der Waals surface area contributed by atoms with Crippen molar-refractivity contribution in [3.05, 3.63) is 57.8 Å². The summed E-state index contributed by atoms with van der Waals surface area (Å²) in [5.74, 6) is 0. The van der Waals surface area contributed by atoms with E-state index in [1.54, 1.807) is 11.3 Å². The van der Waals surface area contributed by atoms with E-state index in [1.807, 2.05) is 25.2 Å². The number of likely N-dealkylation sites (N-methyl/N-ethyl adjacent to an activating group) is 1. The molecule has 2 atom stereocenters. The quantitative estimate of drug-likeness (QED) is 0.770. The lowest BCUT2D eigenvalue weighted by molar-refractivity contribution is -0.107. The van der Waals surface area contributed by atoms with Crippen molar-refractivity contribution in [2.75, 3.05) is 13.6 Å². The number of carbonyl (C=O) groups excluding carboxylic acids is 1. The molecule has 0 aliphatic carbocycles. The largest absolute Gasteiger partial charge is 0.311 e. The molecular weight excluding hydrogens is 268 g/mol. The number of hydrogen-bond donors (Lipinski definition) is 2. The summed E-state index contributed by atoms with van der Waals surface area (Å²) in [6, 6.07) is 12.7. The van der Waals surface area contributed by atoms with Gasteiger partial charge in [-0.2, -0.15) is 0 Å². The van der Waals surface area contributed by atoms with Gasteiger partial charge in [-0.3, -0.25) is 0 Å². The Kier molecular flexibility index (Phi) is 5.47. The van der Waals surface area contributed by atoms with Crippen molar-refractivity contribution < 1.29 is 4.79 Å². The molecule has 3 nitrogen and oxygen atoms in total. The standard InChI is InChI=1S/C16H20N2OS/c1-12-8-11-20-16(12)15(18-9-10-19)14(17-2)13-6-4-3-5-7-13/h3-8,10-11,14-15,17-18H,9H2,1-2H3. The van der Waals surface area contributed by atoms with E-state index >= 15 is 0 Å². The van der Waals surface area contributed by atoms with Crippen LogP contribution in [0.25, 0.3) is 0 Å². The summed E-state index contributed by atoms with van der Waals surface area (Å²) in [6.45, 7) is 2.46. The van der Waals surface area contributed by atoms with Crippen LogP contribution in [0, 0.1) is 6.92 Å². The molecule has 0 amide bonds. The molecule has 0 radical (unpaired) electrons. The molecule has 0 bridgehead atoms. The number of aryl methyl sites for hydroxylation is 1. The second-order valence-corrected chi connectivity index (χ2v) is 5.65. The van der Waals surface area contributed by atoms with Gasteiger partial charge in [0.2, 0.25) is 0 Å². The number of nitrogens with one attached hydrogen (secondary N) is 2. The minimum Gasteiger partial charge on any atom is -0.311 e. The van der Waals surface area contributed by atoms with E-state index in [0.29, 0.717) is 6.54 Å². The Balaban J connectivity index is 2.33. The number of thiophene rings is 1. The zero-order chi connectivity index (χ0) is 14.4. The molecule has 1 heterocycles. The van der Waals surface area contributed by atoms with Crippen LogP contribution in [-0.2, 0) is 4.79 Å². The average molecular weight is 288 g/mol. The van der Waals surface area contributed by atoms with Crippen molar-refractivity contribution in [1.29, 1.82) is 0 Å². The fourth-order valence-electron chi connectivity index (χ4n) is 2.43. The fourth-order valence-corrected chi connectivity index (χ4v) is 3.46. The Labute approximate surface area is 124 Å². The Hall–Kier alpha value is -1.49. The first-order valence-corrected chi connectivity index (χ1v) is 7.59. The van der Waals surface area contributed by atoms with Gasteiger partial charge in [-0.25, -0.2) is 0 Å². The summed E-state index contributed by atoms with van der Waals surface area (Å²) in [4.78, 5) is 12.0. The Morgan fingerprint density at radius 3 is 2.50 bits per heavy atom. The number of hydrogen-bond acceptors (Lipinski definition) is 4. The molecule has 0 aliphatic rings. The summed E-state index contributed by atoms with van der Waals surface area (Å²) in [7, 11) is 1.95. The minimum absolute atomic E-state index is 0.0904. The van der Waals surface area contributed by atoms with Gasteiger partial charge in [-0.05, 0) is 36.5 Å². The third kappa shape index (κ3) is 3.33. The highest BCUT2D eigenvalue weighted by Gasteiger charge is 2.25. The van der Waals surface area contributed by atoms with Crippen LogP contribution in [0.15, 0.2) is 41.8 Å². The molecular formula is C16H20N2OS. The van der Waals surface area contributed by atoms with Gasteiger partial charge in [0.1, 0.15) is 6.29 Å². The Morgan fingerprint density at radius 1 is 1.20 bits per heavy atom. The van der Waals surface area contributed by atoms with Gasteiger partial charge in [0, 0.05) is 4.88 Å². The molecule has 2 rings (SSSR count). The summed E-state index contributed by atoms with van der Waals surface area (Å²) >= 11 is 1.73. The average Bonchev–Trinajstić information content (AvgIpc) is 2.90. The lowest BCUT2D eigenvalue weighted by Crippen LogP contribution is -2.34. The van der Waals surface area contributed by atoms with E-state index < -0.39 is 0 Å². The van der Waals surface area contributed by atoms with Crippen LogP contribution in [-0.4, -0.2) is 19.9 Å². The molecule has 1 aromatic heterocycles. The highest BCUT2D eigenvalue weighted by atomic mass is 32.1. The zero-order valence-electron chi connectivity index (χ0n) is 11.8. The summed E-state index contributed by atoms with van der Waals surface area (Å²) in [5.41, 5.74) is 2.47. The molecule has 2 N–H and O–H groups in total. The topological polar surface area (TPSA) is 41.1 Å². The maximum absolute atomic E-state index is 10.7. The molecule has 0 saturated carbocycles. The van der Waals surface area contributed by atoms with Crippen molar-refractivity contribution in [1.82, 2.24) is 10.6 Å². The first-order chi connectivity index (χ1) is 9.77. The third-order valence-electron chi connectivity index (χ3n) is 3.41. The highest BCUT2D eigenvalue weighted by molar-refractivity contribution is 7.10. The van der Waals surface area contributed by atoms with Gasteiger partial charge in [0.05, 0.1) is 18.6 Å². The predicted octanol–water partition coefficient (Wildman–Crippen LogP) is 2.85. The van der Waals surface area contributed by atoms with Crippen molar-refractivity contribution in [3.8, 4) is 0 Å². The highest BCUT2D eigenvalue weighted by Crippen LogP contribution is 2.33. The summed E-state index contributed by atoms with van der Waals surface area (Å²) < 4.78 is 0. The molecule has 0 spiro atoms. The van der Waals surface area contributed by atoms with E-state index in [9.17, 15) is 4.79 Å². The van der Waals surface area contributed by atoms with E-state index in [4.69, 9.17) is 0 Å². The molecule has 0 fully saturated rings. The molecule has 1 aromatic carbocycles. The molecule has 0 saturated heterocycles. The van der Waals surface area contributed by atoms with Gasteiger partial charge < -0.3 is 15.4 Å². The molecule has 20 heavy (non-hydrogen) atoms. The lowest BCUT2D eigenvalue weighted by Gasteiger charge is -2.28. The van der Waals surface area contributed by atoms with Crippen LogP contribution in [0.1, 0.15) is 28.1 Å². The first-order valence-electron chi connectivity index (χ1n) is 6.71. The van der Waals surface area contributed by atoms with E-state index in [1.165, 1.54) is 16.0 Å². The summed E-state index contributed by atoms with van der Waals surface area (Å²) in [5, 5.41) is 8.81. The first kappa shape index (κ1) is 14.9. The van der Waals surface area contributed by atoms with Crippen LogP contribution in [0.3, 0.4) is 0 Å². The smallest absolute Gasteiger partial charge is 0.133 e. The fraction of sp³-hybridized carbons (Fsp3) is 0.312. The molecule has 2 aromatic rings.